The molecule has 0 aliphatic carbocycles. The van der Waals surface area contributed by atoms with Crippen LogP contribution in [0.4, 0.5) is 0 Å². The fraction of sp³-hybridized carbons (Fsp3) is 0.636. The van der Waals surface area contributed by atoms with E-state index in [1.165, 1.54) is 17.0 Å². The smallest absolute Gasteiger partial charge is 0.116 e. The molecule has 15 heavy (non-hydrogen) atoms. The first-order valence-corrected chi connectivity index (χ1v) is 6.51. The zero-order valence-corrected chi connectivity index (χ0v) is 10.0. The van der Waals surface area contributed by atoms with Crippen molar-refractivity contribution >= 4 is 11.8 Å². The highest BCUT2D eigenvalue weighted by atomic mass is 32.2. The Balaban J connectivity index is 2.39. The maximum Gasteiger partial charge on any atom is 0.116 e. The molecule has 0 fully saturated rings. The van der Waals surface area contributed by atoms with Gasteiger partial charge in [0.15, 0.2) is 0 Å². The molecule has 2 rings (SSSR count). The van der Waals surface area contributed by atoms with E-state index in [2.05, 4.69) is 23.8 Å². The van der Waals surface area contributed by atoms with Crippen LogP contribution in [0.2, 0.25) is 0 Å². The Morgan fingerprint density at radius 2 is 2.20 bits per heavy atom. The van der Waals surface area contributed by atoms with Gasteiger partial charge in [0.2, 0.25) is 0 Å². The van der Waals surface area contributed by atoms with E-state index in [0.29, 0.717) is 5.92 Å². The van der Waals surface area contributed by atoms with Crippen LogP contribution in [0, 0.1) is 5.92 Å². The summed E-state index contributed by atoms with van der Waals surface area (Å²) in [6.07, 6.45) is 2.72. The van der Waals surface area contributed by atoms with Crippen molar-refractivity contribution in [1.29, 1.82) is 0 Å². The predicted molar refractivity (Wildman–Crippen MR) is 63.7 cm³/mol. The Kier molecular flexibility index (Phi) is 3.26. The highest BCUT2D eigenvalue weighted by Gasteiger charge is 2.21. The van der Waals surface area contributed by atoms with E-state index in [9.17, 15) is 0 Å². The Morgan fingerprint density at radius 3 is 2.93 bits per heavy atom. The van der Waals surface area contributed by atoms with Crippen LogP contribution in [0.1, 0.15) is 36.8 Å². The van der Waals surface area contributed by atoms with Crippen molar-refractivity contribution in [3.05, 3.63) is 23.3 Å². The van der Waals surface area contributed by atoms with E-state index in [4.69, 9.17) is 5.73 Å². The minimum atomic E-state index is 0.0421. The van der Waals surface area contributed by atoms with Gasteiger partial charge in [-0.25, -0.2) is 9.97 Å². The molecule has 4 heteroatoms. The first-order chi connectivity index (χ1) is 7.20. The van der Waals surface area contributed by atoms with Crippen LogP contribution in [-0.4, -0.2) is 15.7 Å². The van der Waals surface area contributed by atoms with Crippen molar-refractivity contribution in [3.63, 3.8) is 0 Å². The van der Waals surface area contributed by atoms with Gasteiger partial charge in [0.1, 0.15) is 6.33 Å². The average molecular weight is 223 g/mol. The predicted octanol–water partition coefficient (Wildman–Crippen LogP) is 1.92. The molecule has 2 heterocycles. The summed E-state index contributed by atoms with van der Waals surface area (Å²) in [5.41, 5.74) is 9.71. The van der Waals surface area contributed by atoms with Crippen molar-refractivity contribution in [2.75, 3.05) is 5.75 Å². The van der Waals surface area contributed by atoms with Gasteiger partial charge in [-0.2, -0.15) is 11.8 Å². The lowest BCUT2D eigenvalue weighted by Gasteiger charge is -2.22. The third-order valence-corrected chi connectivity index (χ3v) is 3.82. The number of nitrogens with two attached hydrogens (primary N) is 1. The molecule has 0 saturated carbocycles. The quantitative estimate of drug-likeness (QED) is 0.832. The van der Waals surface area contributed by atoms with E-state index in [1.54, 1.807) is 6.33 Å². The number of thioether (sulfide) groups is 1. The summed E-state index contributed by atoms with van der Waals surface area (Å²) < 4.78 is 0. The number of hydrogen-bond donors (Lipinski definition) is 1. The van der Waals surface area contributed by atoms with Crippen molar-refractivity contribution < 1.29 is 0 Å². The van der Waals surface area contributed by atoms with Crippen molar-refractivity contribution in [1.82, 2.24) is 9.97 Å². The Morgan fingerprint density at radius 1 is 1.40 bits per heavy atom. The van der Waals surface area contributed by atoms with E-state index >= 15 is 0 Å². The third-order valence-electron chi connectivity index (χ3n) is 2.83. The lowest BCUT2D eigenvalue weighted by molar-refractivity contribution is 0.498. The van der Waals surface area contributed by atoms with Crippen LogP contribution in [0.5, 0.6) is 0 Å². The number of rotatable bonds is 2. The molecule has 2 N–H and O–H groups in total. The summed E-state index contributed by atoms with van der Waals surface area (Å²) in [6.45, 7) is 4.27. The first-order valence-electron chi connectivity index (χ1n) is 5.36. The molecular formula is C11H17N3S. The molecule has 1 aliphatic rings. The summed E-state index contributed by atoms with van der Waals surface area (Å²) in [5, 5.41) is 0. The second-order valence-corrected chi connectivity index (χ2v) is 5.36. The van der Waals surface area contributed by atoms with E-state index in [0.717, 1.165) is 17.9 Å². The summed E-state index contributed by atoms with van der Waals surface area (Å²) >= 11 is 1.95. The normalized spacial score (nSPS) is 17.6. The molecule has 0 saturated heterocycles. The average Bonchev–Trinajstić information content (AvgIpc) is 2.27. The van der Waals surface area contributed by atoms with Gasteiger partial charge < -0.3 is 5.73 Å². The molecule has 1 aromatic heterocycles. The molecule has 1 aromatic rings. The SMILES string of the molecule is CC(C)C(N)c1ncnc2c1CSCC2. The summed E-state index contributed by atoms with van der Waals surface area (Å²) in [5.74, 6) is 2.61. The molecular weight excluding hydrogens is 206 g/mol. The number of fused-ring (bicyclic) bond motifs is 1. The molecule has 1 atom stereocenters. The van der Waals surface area contributed by atoms with Gasteiger partial charge in [-0.05, 0) is 18.1 Å². The summed E-state index contributed by atoms with van der Waals surface area (Å²) in [6, 6.07) is 0.0421. The van der Waals surface area contributed by atoms with Gasteiger partial charge in [-0.1, -0.05) is 13.8 Å². The standard InChI is InChI=1S/C11H17N3S/c1-7(2)10(12)11-8-5-15-4-3-9(8)13-6-14-11/h6-7,10H,3-5,12H2,1-2H3. The van der Waals surface area contributed by atoms with Crippen molar-refractivity contribution in [3.8, 4) is 0 Å². The summed E-state index contributed by atoms with van der Waals surface area (Å²) in [7, 11) is 0. The minimum Gasteiger partial charge on any atom is -0.322 e. The molecule has 0 bridgehead atoms. The van der Waals surface area contributed by atoms with Crippen LogP contribution in [0.3, 0.4) is 0 Å². The largest absolute Gasteiger partial charge is 0.322 e. The molecule has 0 spiro atoms. The summed E-state index contributed by atoms with van der Waals surface area (Å²) in [4.78, 5) is 8.71. The molecule has 0 amide bonds. The maximum atomic E-state index is 6.16. The molecule has 0 aromatic carbocycles. The number of nitrogens with zero attached hydrogens (tertiary/aromatic N) is 2. The second kappa shape index (κ2) is 4.49. The van der Waals surface area contributed by atoms with Crippen molar-refractivity contribution in [2.24, 2.45) is 11.7 Å². The first kappa shape index (κ1) is 10.9. The van der Waals surface area contributed by atoms with Crippen LogP contribution in [0.25, 0.3) is 0 Å². The fourth-order valence-electron chi connectivity index (χ4n) is 1.78. The zero-order valence-electron chi connectivity index (χ0n) is 9.23. The Labute approximate surface area is 94.9 Å². The van der Waals surface area contributed by atoms with Gasteiger partial charge in [-0.15, -0.1) is 0 Å². The van der Waals surface area contributed by atoms with Crippen LogP contribution < -0.4 is 5.73 Å². The van der Waals surface area contributed by atoms with Gasteiger partial charge in [-0.3, -0.25) is 0 Å². The maximum absolute atomic E-state index is 6.16. The van der Waals surface area contributed by atoms with E-state index < -0.39 is 0 Å². The van der Waals surface area contributed by atoms with Crippen LogP contribution in [-0.2, 0) is 12.2 Å². The highest BCUT2D eigenvalue weighted by Crippen LogP contribution is 2.29. The lowest BCUT2D eigenvalue weighted by Crippen LogP contribution is -2.22. The van der Waals surface area contributed by atoms with E-state index in [-0.39, 0.29) is 6.04 Å². The topological polar surface area (TPSA) is 51.8 Å². The molecule has 3 nitrogen and oxygen atoms in total. The van der Waals surface area contributed by atoms with Crippen LogP contribution >= 0.6 is 11.8 Å². The number of aromatic nitrogens is 2. The van der Waals surface area contributed by atoms with E-state index in [1.807, 2.05) is 11.8 Å². The Bertz CT molecular complexity index is 352. The second-order valence-electron chi connectivity index (χ2n) is 4.26. The molecule has 82 valence electrons. The van der Waals surface area contributed by atoms with Gasteiger partial charge in [0.25, 0.3) is 0 Å². The van der Waals surface area contributed by atoms with Crippen LogP contribution in [0.15, 0.2) is 6.33 Å². The fourth-order valence-corrected chi connectivity index (χ4v) is 2.78. The van der Waals surface area contributed by atoms with Crippen molar-refractivity contribution in [2.45, 2.75) is 32.1 Å². The Hall–Kier alpha value is -0.610. The molecule has 1 aliphatic heterocycles. The van der Waals surface area contributed by atoms with Gasteiger partial charge in [0.05, 0.1) is 5.69 Å². The van der Waals surface area contributed by atoms with Gasteiger partial charge >= 0.3 is 0 Å². The highest BCUT2D eigenvalue weighted by molar-refractivity contribution is 7.98. The molecule has 0 radical (unpaired) electrons. The number of aryl methyl sites for hydroxylation is 1. The zero-order chi connectivity index (χ0) is 10.8. The lowest BCUT2D eigenvalue weighted by atomic mass is 9.97. The number of hydrogen-bond acceptors (Lipinski definition) is 4. The monoisotopic (exact) mass is 223 g/mol. The third kappa shape index (κ3) is 2.16. The molecule has 1 unspecified atom stereocenters. The van der Waals surface area contributed by atoms with Gasteiger partial charge in [0, 0.05) is 23.1 Å². The minimum absolute atomic E-state index is 0.0421.